The average molecular weight is 709 g/mol. The zero-order valence-electron chi connectivity index (χ0n) is 33.9. The molecular formula is C44H88N2O4. The van der Waals surface area contributed by atoms with Crippen LogP contribution in [0.2, 0.25) is 0 Å². The SMILES string of the molecule is CCCCCCCCCCCCCCCCCCNC(=O)OCCCCCCOOC(=N)CCCCCCCCCCCCCCCCCC. The Hall–Kier alpha value is -1.30. The third-order valence-electron chi connectivity index (χ3n) is 10.1. The van der Waals surface area contributed by atoms with E-state index >= 15 is 0 Å². The number of rotatable bonds is 42. The van der Waals surface area contributed by atoms with Gasteiger partial charge in [0.1, 0.15) is 0 Å². The van der Waals surface area contributed by atoms with Crippen LogP contribution in [0, 0.1) is 5.41 Å². The number of nitrogens with one attached hydrogen (secondary N) is 2. The molecule has 1 amide bonds. The van der Waals surface area contributed by atoms with Crippen LogP contribution >= 0.6 is 0 Å². The minimum Gasteiger partial charge on any atom is -0.450 e. The van der Waals surface area contributed by atoms with Crippen LogP contribution in [0.3, 0.4) is 0 Å². The molecule has 0 rings (SSSR count). The Morgan fingerprint density at radius 3 is 1.14 bits per heavy atom. The van der Waals surface area contributed by atoms with E-state index in [1.54, 1.807) is 0 Å². The maximum atomic E-state index is 11.9. The van der Waals surface area contributed by atoms with E-state index in [4.69, 9.17) is 19.9 Å². The van der Waals surface area contributed by atoms with Crippen LogP contribution in [0.4, 0.5) is 4.79 Å². The summed E-state index contributed by atoms with van der Waals surface area (Å²) in [6.07, 6.45) is 47.5. The molecule has 0 aromatic heterocycles. The highest BCUT2D eigenvalue weighted by Crippen LogP contribution is 2.15. The molecular weight excluding hydrogens is 620 g/mol. The number of ether oxygens (including phenoxy) is 1. The Kier molecular flexibility index (Phi) is 42.7. The summed E-state index contributed by atoms with van der Waals surface area (Å²) in [5.41, 5.74) is 0. The summed E-state index contributed by atoms with van der Waals surface area (Å²) in [6.45, 7) is 6.25. The van der Waals surface area contributed by atoms with Gasteiger partial charge in [-0.05, 0) is 32.1 Å². The fraction of sp³-hybridized carbons (Fsp3) is 0.955. The van der Waals surface area contributed by atoms with Gasteiger partial charge < -0.3 is 14.9 Å². The zero-order chi connectivity index (χ0) is 36.3. The Morgan fingerprint density at radius 1 is 0.420 bits per heavy atom. The number of alkyl carbamates (subject to hydrolysis) is 1. The predicted molar refractivity (Wildman–Crippen MR) is 216 cm³/mol. The molecule has 0 atom stereocenters. The highest BCUT2D eigenvalue weighted by atomic mass is 17.2. The van der Waals surface area contributed by atoms with Crippen LogP contribution in [0.15, 0.2) is 0 Å². The van der Waals surface area contributed by atoms with Crippen molar-refractivity contribution in [3.63, 3.8) is 0 Å². The summed E-state index contributed by atoms with van der Waals surface area (Å²) in [6, 6.07) is 0. The average Bonchev–Trinajstić information content (AvgIpc) is 3.12. The van der Waals surface area contributed by atoms with Crippen molar-refractivity contribution >= 4 is 12.0 Å². The molecule has 0 aliphatic rings. The second-order valence-electron chi connectivity index (χ2n) is 15.2. The highest BCUT2D eigenvalue weighted by molar-refractivity contribution is 5.71. The van der Waals surface area contributed by atoms with E-state index in [9.17, 15) is 4.79 Å². The largest absolute Gasteiger partial charge is 0.450 e. The second kappa shape index (κ2) is 43.9. The molecule has 6 nitrogen and oxygen atoms in total. The lowest BCUT2D eigenvalue weighted by Gasteiger charge is -2.08. The molecule has 0 unspecified atom stereocenters. The van der Waals surface area contributed by atoms with Crippen LogP contribution in [-0.2, 0) is 14.5 Å². The first-order chi connectivity index (χ1) is 24.7. The van der Waals surface area contributed by atoms with Gasteiger partial charge in [0.05, 0.1) is 13.2 Å². The van der Waals surface area contributed by atoms with Gasteiger partial charge in [-0.15, -0.1) is 0 Å². The summed E-state index contributed by atoms with van der Waals surface area (Å²) in [7, 11) is 0. The highest BCUT2D eigenvalue weighted by Gasteiger charge is 2.03. The van der Waals surface area contributed by atoms with Crippen LogP contribution in [0.25, 0.3) is 0 Å². The van der Waals surface area contributed by atoms with Crippen molar-refractivity contribution < 1.29 is 19.3 Å². The van der Waals surface area contributed by atoms with Crippen molar-refractivity contribution in [2.45, 2.75) is 251 Å². The normalized spacial score (nSPS) is 11.2. The molecule has 0 aliphatic carbocycles. The number of carbonyl (C=O) groups excluding carboxylic acids is 1. The van der Waals surface area contributed by atoms with Crippen LogP contribution in [0.1, 0.15) is 251 Å². The number of amides is 1. The maximum Gasteiger partial charge on any atom is 0.407 e. The Balaban J connectivity index is 3.23. The minimum atomic E-state index is -0.287. The lowest BCUT2D eigenvalue weighted by Crippen LogP contribution is -2.25. The minimum absolute atomic E-state index is 0.245. The van der Waals surface area contributed by atoms with E-state index < -0.39 is 0 Å². The van der Waals surface area contributed by atoms with Gasteiger partial charge in [-0.1, -0.05) is 213 Å². The summed E-state index contributed by atoms with van der Waals surface area (Å²) < 4.78 is 5.30. The van der Waals surface area contributed by atoms with Gasteiger partial charge in [0.2, 0.25) is 5.90 Å². The monoisotopic (exact) mass is 709 g/mol. The first-order valence-electron chi connectivity index (χ1n) is 22.5. The van der Waals surface area contributed by atoms with E-state index in [1.807, 2.05) is 0 Å². The number of carbonyl (C=O) groups is 1. The molecule has 6 heteroatoms. The first-order valence-corrected chi connectivity index (χ1v) is 22.5. The summed E-state index contributed by atoms with van der Waals surface area (Å²) in [5, 5.41) is 10.8. The van der Waals surface area contributed by atoms with Crippen molar-refractivity contribution in [3.05, 3.63) is 0 Å². The van der Waals surface area contributed by atoms with Gasteiger partial charge >= 0.3 is 6.09 Å². The van der Waals surface area contributed by atoms with Gasteiger partial charge in [0.25, 0.3) is 0 Å². The van der Waals surface area contributed by atoms with Crippen molar-refractivity contribution in [2.24, 2.45) is 0 Å². The molecule has 0 heterocycles. The van der Waals surface area contributed by atoms with Gasteiger partial charge in [-0.3, -0.25) is 5.41 Å². The van der Waals surface area contributed by atoms with Gasteiger partial charge in [-0.2, -0.15) is 4.89 Å². The number of unbranched alkanes of at least 4 members (excludes halogenated alkanes) is 33. The summed E-state index contributed by atoms with van der Waals surface area (Å²) in [5.74, 6) is 0.245. The summed E-state index contributed by atoms with van der Waals surface area (Å²) >= 11 is 0. The third kappa shape index (κ3) is 42.9. The second-order valence-corrected chi connectivity index (χ2v) is 15.2. The lowest BCUT2D eigenvalue weighted by atomic mass is 10.0. The van der Waals surface area contributed by atoms with Crippen molar-refractivity contribution in [2.75, 3.05) is 19.8 Å². The maximum absolute atomic E-state index is 11.9. The molecule has 0 aromatic rings. The quantitative estimate of drug-likeness (QED) is 0.0217. The molecule has 0 fully saturated rings. The molecule has 0 saturated heterocycles. The third-order valence-corrected chi connectivity index (χ3v) is 10.1. The van der Waals surface area contributed by atoms with Crippen molar-refractivity contribution in [3.8, 4) is 0 Å². The molecule has 0 radical (unpaired) electrons. The Morgan fingerprint density at radius 2 is 0.740 bits per heavy atom. The molecule has 50 heavy (non-hydrogen) atoms. The lowest BCUT2D eigenvalue weighted by molar-refractivity contribution is -0.225. The van der Waals surface area contributed by atoms with Crippen molar-refractivity contribution in [1.82, 2.24) is 5.32 Å². The molecule has 0 bridgehead atoms. The molecule has 2 N–H and O–H groups in total. The van der Waals surface area contributed by atoms with Gasteiger partial charge in [0, 0.05) is 13.0 Å². The number of hydrogen-bond donors (Lipinski definition) is 2. The van der Waals surface area contributed by atoms with E-state index in [1.165, 1.54) is 193 Å². The van der Waals surface area contributed by atoms with Gasteiger partial charge in [-0.25, -0.2) is 4.79 Å². The first kappa shape index (κ1) is 48.7. The number of hydrogen-bond acceptors (Lipinski definition) is 5. The molecule has 0 aliphatic heterocycles. The Labute approximate surface area is 312 Å². The molecule has 0 aromatic carbocycles. The van der Waals surface area contributed by atoms with Crippen molar-refractivity contribution in [1.29, 1.82) is 5.41 Å². The fourth-order valence-corrected chi connectivity index (χ4v) is 6.68. The van der Waals surface area contributed by atoms with E-state index in [0.29, 0.717) is 26.2 Å². The van der Waals surface area contributed by atoms with E-state index in [2.05, 4.69) is 19.2 Å². The summed E-state index contributed by atoms with van der Waals surface area (Å²) in [4.78, 5) is 22.2. The molecule has 298 valence electrons. The van der Waals surface area contributed by atoms with E-state index in [-0.39, 0.29) is 12.0 Å². The molecule has 0 spiro atoms. The van der Waals surface area contributed by atoms with Gasteiger partial charge in [0.15, 0.2) is 0 Å². The smallest absolute Gasteiger partial charge is 0.407 e. The van der Waals surface area contributed by atoms with Crippen LogP contribution in [0.5, 0.6) is 0 Å². The predicted octanol–water partition coefficient (Wildman–Crippen LogP) is 15.1. The topological polar surface area (TPSA) is 80.6 Å². The fourth-order valence-electron chi connectivity index (χ4n) is 6.68. The standard InChI is InChI=1S/C44H88N2O4/c1-3-5-7-9-11-13-15-17-19-21-23-25-27-29-31-35-39-43(45)50-49-42-38-34-33-37-41-48-44(47)46-40-36-32-30-28-26-24-22-20-18-16-14-12-10-8-6-4-2/h45H,3-42H2,1-2H3,(H,46,47). The van der Waals surface area contributed by atoms with Crippen LogP contribution in [-0.4, -0.2) is 31.7 Å². The van der Waals surface area contributed by atoms with Crippen LogP contribution < -0.4 is 5.32 Å². The zero-order valence-corrected chi connectivity index (χ0v) is 33.9. The van der Waals surface area contributed by atoms with E-state index in [0.717, 1.165) is 38.5 Å². The Bertz CT molecular complexity index is 674. The molecule has 0 saturated carbocycles.